The molecule has 2 aliphatic heterocycles. The van der Waals surface area contributed by atoms with Crippen LogP contribution in [0.3, 0.4) is 0 Å². The van der Waals surface area contributed by atoms with Gasteiger partial charge in [-0.15, -0.1) is 0 Å². The van der Waals surface area contributed by atoms with Crippen LogP contribution in [-0.4, -0.2) is 104 Å². The zero-order chi connectivity index (χ0) is 30.2. The van der Waals surface area contributed by atoms with Gasteiger partial charge in [0.05, 0.1) is 24.8 Å². The number of rotatable bonds is 6. The van der Waals surface area contributed by atoms with Crippen LogP contribution in [0.15, 0.2) is 54.6 Å². The number of para-hydroxylation sites is 1. The average Bonchev–Trinajstić information content (AvgIpc) is 3.81. The van der Waals surface area contributed by atoms with Crippen LogP contribution < -0.4 is 20.7 Å². The molecule has 1 saturated heterocycles. The lowest BCUT2D eigenvalue weighted by Crippen LogP contribution is -2.54. The predicted octanol–water partition coefficient (Wildman–Crippen LogP) is 1.12. The maximum atomic E-state index is 13.7. The molecule has 0 aromatic heterocycles. The van der Waals surface area contributed by atoms with E-state index in [1.807, 2.05) is 30.3 Å². The number of fused-ring (bicyclic) bond motifs is 1. The zero-order valence-corrected chi connectivity index (χ0v) is 24.7. The number of nitrogens with one attached hydrogen (secondary N) is 3. The van der Waals surface area contributed by atoms with Crippen LogP contribution in [0.25, 0.3) is 0 Å². The third-order valence-corrected chi connectivity index (χ3v) is 8.40. The first-order valence-corrected chi connectivity index (χ1v) is 15.1. The number of carbonyl (C=O) groups is 4. The van der Waals surface area contributed by atoms with Gasteiger partial charge in [-0.05, 0) is 43.4 Å². The van der Waals surface area contributed by atoms with Crippen LogP contribution in [0.2, 0.25) is 0 Å². The summed E-state index contributed by atoms with van der Waals surface area (Å²) in [6, 6.07) is 15.4. The van der Waals surface area contributed by atoms with Gasteiger partial charge >= 0.3 is 0 Å². The molecule has 3 N–H and O–H groups in total. The summed E-state index contributed by atoms with van der Waals surface area (Å²) in [7, 11) is 1.74. The van der Waals surface area contributed by atoms with Crippen LogP contribution in [0.4, 0.5) is 0 Å². The van der Waals surface area contributed by atoms with Crippen molar-refractivity contribution in [3.63, 3.8) is 0 Å². The van der Waals surface area contributed by atoms with Crippen molar-refractivity contribution in [1.29, 1.82) is 0 Å². The third-order valence-electron chi connectivity index (χ3n) is 8.40. The van der Waals surface area contributed by atoms with Crippen LogP contribution >= 0.6 is 0 Å². The summed E-state index contributed by atoms with van der Waals surface area (Å²) < 4.78 is 11.6. The summed E-state index contributed by atoms with van der Waals surface area (Å²) in [6.07, 6.45) is 1.69. The summed E-state index contributed by atoms with van der Waals surface area (Å²) in [6.45, 7) is 4.13. The second-order valence-electron chi connectivity index (χ2n) is 11.5. The number of hydrogen-bond acceptors (Lipinski definition) is 7. The largest absolute Gasteiger partial charge is 0.491 e. The molecule has 5 rings (SSSR count). The molecule has 2 fully saturated rings. The smallest absolute Gasteiger partial charge is 0.255 e. The summed E-state index contributed by atoms with van der Waals surface area (Å²) in [5.74, 6) is -0.972. The van der Waals surface area contributed by atoms with Crippen molar-refractivity contribution in [1.82, 2.24) is 25.8 Å². The zero-order valence-electron chi connectivity index (χ0n) is 24.7. The van der Waals surface area contributed by atoms with Crippen LogP contribution in [0, 0.1) is 0 Å². The van der Waals surface area contributed by atoms with Gasteiger partial charge in [-0.25, -0.2) is 0 Å². The van der Waals surface area contributed by atoms with E-state index in [1.165, 1.54) is 0 Å². The minimum absolute atomic E-state index is 0.0217. The second kappa shape index (κ2) is 14.0. The highest BCUT2D eigenvalue weighted by Crippen LogP contribution is 2.38. The molecule has 2 aromatic rings. The lowest BCUT2D eigenvalue weighted by atomic mass is 10.0. The molecule has 1 spiro atoms. The Morgan fingerprint density at radius 1 is 1.02 bits per heavy atom. The van der Waals surface area contributed by atoms with Gasteiger partial charge in [-0.3, -0.25) is 24.1 Å². The fraction of sp³-hybridized carbons (Fsp3) is 0.500. The quantitative estimate of drug-likeness (QED) is 0.459. The Kier molecular flexibility index (Phi) is 9.93. The van der Waals surface area contributed by atoms with Crippen molar-refractivity contribution in [2.45, 2.75) is 49.7 Å². The predicted molar refractivity (Wildman–Crippen MR) is 160 cm³/mol. The van der Waals surface area contributed by atoms with E-state index in [0.717, 1.165) is 18.7 Å². The molecular weight excluding hydrogens is 550 g/mol. The number of nitrogens with zero attached hydrogens (tertiary/aromatic N) is 2. The highest BCUT2D eigenvalue weighted by molar-refractivity contribution is 6.00. The third kappa shape index (κ3) is 7.91. The van der Waals surface area contributed by atoms with Gasteiger partial charge in [-0.1, -0.05) is 42.5 Å². The molecule has 3 aliphatic rings. The first-order valence-electron chi connectivity index (χ1n) is 15.1. The minimum atomic E-state index is -0.960. The lowest BCUT2D eigenvalue weighted by molar-refractivity contribution is -0.139. The molecule has 0 bridgehead atoms. The summed E-state index contributed by atoms with van der Waals surface area (Å²) in [5, 5.41) is 8.69. The molecule has 2 aromatic carbocycles. The molecule has 2 heterocycles. The van der Waals surface area contributed by atoms with Crippen LogP contribution in [0.5, 0.6) is 5.75 Å². The second-order valence-corrected chi connectivity index (χ2v) is 11.5. The van der Waals surface area contributed by atoms with Gasteiger partial charge in [0.2, 0.25) is 17.7 Å². The Hall–Kier alpha value is -3.96. The summed E-state index contributed by atoms with van der Waals surface area (Å²) in [4.78, 5) is 57.5. The normalized spacial score (nSPS) is 23.2. The van der Waals surface area contributed by atoms with E-state index in [2.05, 4.69) is 20.9 Å². The first kappa shape index (κ1) is 30.5. The number of likely N-dealkylation sites (N-methyl/N-ethyl adjacent to an activating group) is 1. The number of carbonyl (C=O) groups excluding carboxylic acids is 4. The topological polar surface area (TPSA) is 129 Å². The van der Waals surface area contributed by atoms with E-state index in [1.54, 1.807) is 36.2 Å². The van der Waals surface area contributed by atoms with Crippen molar-refractivity contribution in [3.8, 4) is 5.75 Å². The standard InChI is InChI=1S/C32H41N5O6/c1-36-24(21-23-7-3-2-4-8-23)22-43-27-10-6-5-9-25(27)29(39)34-26(11-12-28(38)35-32(13-14-32)31(36)41)30(40)33-15-16-37-17-19-42-20-18-37/h2-10,24,26H,11-22H2,1H3,(H,33,40)(H,34,39)(H,35,38)/t24-,26-/m0/s1. The number of morpholine rings is 1. The van der Waals surface area contributed by atoms with E-state index >= 15 is 0 Å². The molecule has 2 atom stereocenters. The molecule has 11 heteroatoms. The molecule has 0 unspecified atom stereocenters. The Balaban J connectivity index is 1.36. The monoisotopic (exact) mass is 591 g/mol. The van der Waals surface area contributed by atoms with E-state index in [-0.39, 0.29) is 48.8 Å². The van der Waals surface area contributed by atoms with Gasteiger partial charge in [0.15, 0.2) is 0 Å². The maximum absolute atomic E-state index is 13.7. The van der Waals surface area contributed by atoms with E-state index in [9.17, 15) is 19.2 Å². The maximum Gasteiger partial charge on any atom is 0.255 e. The molecule has 0 radical (unpaired) electrons. The van der Waals surface area contributed by atoms with Gasteiger partial charge in [0.25, 0.3) is 5.91 Å². The van der Waals surface area contributed by atoms with Crippen LogP contribution in [-0.2, 0) is 25.5 Å². The van der Waals surface area contributed by atoms with Gasteiger partial charge in [-0.2, -0.15) is 0 Å². The Bertz CT molecular complexity index is 1290. The molecule has 230 valence electrons. The fourth-order valence-corrected chi connectivity index (χ4v) is 5.58. The Morgan fingerprint density at radius 3 is 2.49 bits per heavy atom. The molecule has 43 heavy (non-hydrogen) atoms. The highest BCUT2D eigenvalue weighted by atomic mass is 16.5. The molecule has 1 saturated carbocycles. The molecule has 1 aliphatic carbocycles. The van der Waals surface area contributed by atoms with Crippen molar-refractivity contribution in [2.75, 3.05) is 53.0 Å². The van der Waals surface area contributed by atoms with E-state index in [4.69, 9.17) is 9.47 Å². The molecular formula is C32H41N5O6. The van der Waals surface area contributed by atoms with E-state index in [0.29, 0.717) is 51.3 Å². The average molecular weight is 592 g/mol. The van der Waals surface area contributed by atoms with Crippen molar-refractivity contribution < 1.29 is 28.7 Å². The Morgan fingerprint density at radius 2 is 1.74 bits per heavy atom. The number of benzene rings is 2. The van der Waals surface area contributed by atoms with Gasteiger partial charge < -0.3 is 30.3 Å². The van der Waals surface area contributed by atoms with Gasteiger partial charge in [0, 0.05) is 39.6 Å². The number of ether oxygens (including phenoxy) is 2. The number of hydrogen-bond donors (Lipinski definition) is 3. The Labute approximate surface area is 252 Å². The highest BCUT2D eigenvalue weighted by Gasteiger charge is 2.53. The SMILES string of the molecule is CN1C(=O)C2(CC2)NC(=O)CC[C@@H](C(=O)NCCN2CCOCC2)NC(=O)c2ccccc2OC[C@@H]1Cc1ccccc1. The molecule has 11 nitrogen and oxygen atoms in total. The number of amides is 4. The minimum Gasteiger partial charge on any atom is -0.491 e. The molecule has 4 amide bonds. The van der Waals surface area contributed by atoms with Crippen molar-refractivity contribution in [3.05, 3.63) is 65.7 Å². The summed E-state index contributed by atoms with van der Waals surface area (Å²) >= 11 is 0. The van der Waals surface area contributed by atoms with Gasteiger partial charge in [0.1, 0.15) is 23.9 Å². The first-order chi connectivity index (χ1) is 20.8. The van der Waals surface area contributed by atoms with E-state index < -0.39 is 17.5 Å². The van der Waals surface area contributed by atoms with Crippen molar-refractivity contribution in [2.24, 2.45) is 0 Å². The fourth-order valence-electron chi connectivity index (χ4n) is 5.58. The summed E-state index contributed by atoms with van der Waals surface area (Å²) in [5.41, 5.74) is 0.355. The van der Waals surface area contributed by atoms with Crippen molar-refractivity contribution >= 4 is 23.6 Å². The lowest BCUT2D eigenvalue weighted by Gasteiger charge is -2.32. The van der Waals surface area contributed by atoms with Crippen LogP contribution in [0.1, 0.15) is 41.6 Å².